The van der Waals surface area contributed by atoms with Crippen molar-refractivity contribution in [3.8, 4) is 0 Å². The van der Waals surface area contributed by atoms with Crippen LogP contribution in [0.5, 0.6) is 0 Å². The fraction of sp³-hybridized carbons (Fsp3) is 0.600. The third-order valence-corrected chi connectivity index (χ3v) is 3.53. The zero-order chi connectivity index (χ0) is 15.2. The summed E-state index contributed by atoms with van der Waals surface area (Å²) in [5.41, 5.74) is 0.839. The molecule has 2 rings (SSSR count). The molecule has 6 nitrogen and oxygen atoms in total. The smallest absolute Gasteiger partial charge is 0.315 e. The van der Waals surface area contributed by atoms with Gasteiger partial charge in [-0.15, -0.1) is 0 Å². The van der Waals surface area contributed by atoms with E-state index in [1.807, 2.05) is 37.2 Å². The van der Waals surface area contributed by atoms with E-state index in [1.165, 1.54) is 12.8 Å². The number of carbonyl (C=O) groups excluding carboxylic acids is 1. The predicted molar refractivity (Wildman–Crippen MR) is 82.3 cm³/mol. The third-order valence-electron chi connectivity index (χ3n) is 3.53. The molecule has 1 atom stereocenters. The van der Waals surface area contributed by atoms with Gasteiger partial charge < -0.3 is 20.3 Å². The molecule has 2 amide bonds. The minimum Gasteiger partial charge on any atom is -0.383 e. The molecule has 1 heterocycles. The standard InChI is InChI=1S/C15H24N4O2/c1-19(2)14-6-4-5-12(17-14)9-16-15(20)18-13(10-21-3)11-7-8-11/h4-6,11,13H,7-10H2,1-3H3,(H2,16,18,20)/t13-/m0/s1. The largest absolute Gasteiger partial charge is 0.383 e. The number of pyridine rings is 1. The molecule has 21 heavy (non-hydrogen) atoms. The summed E-state index contributed by atoms with van der Waals surface area (Å²) in [6.07, 6.45) is 2.33. The van der Waals surface area contributed by atoms with Crippen molar-refractivity contribution in [2.24, 2.45) is 5.92 Å². The van der Waals surface area contributed by atoms with Crippen LogP contribution in [-0.2, 0) is 11.3 Å². The Morgan fingerprint density at radius 1 is 1.48 bits per heavy atom. The van der Waals surface area contributed by atoms with E-state index < -0.39 is 0 Å². The zero-order valence-corrected chi connectivity index (χ0v) is 12.9. The van der Waals surface area contributed by atoms with Gasteiger partial charge in [-0.3, -0.25) is 0 Å². The SMILES string of the molecule is COC[C@H](NC(=O)NCc1cccc(N(C)C)n1)C1CC1. The first-order valence-corrected chi connectivity index (χ1v) is 7.26. The Labute approximate surface area is 125 Å². The van der Waals surface area contributed by atoms with E-state index in [4.69, 9.17) is 4.74 Å². The summed E-state index contributed by atoms with van der Waals surface area (Å²) in [4.78, 5) is 18.3. The van der Waals surface area contributed by atoms with E-state index >= 15 is 0 Å². The summed E-state index contributed by atoms with van der Waals surface area (Å²) < 4.78 is 5.15. The lowest BCUT2D eigenvalue weighted by Gasteiger charge is -2.18. The number of methoxy groups -OCH3 is 1. The Kier molecular flexibility index (Phi) is 5.38. The van der Waals surface area contributed by atoms with Crippen LogP contribution in [0.4, 0.5) is 10.6 Å². The van der Waals surface area contributed by atoms with E-state index in [2.05, 4.69) is 15.6 Å². The Morgan fingerprint density at radius 3 is 2.86 bits per heavy atom. The van der Waals surface area contributed by atoms with Crippen molar-refractivity contribution >= 4 is 11.8 Å². The van der Waals surface area contributed by atoms with Crippen molar-refractivity contribution < 1.29 is 9.53 Å². The number of ether oxygens (including phenoxy) is 1. The maximum Gasteiger partial charge on any atom is 0.315 e. The lowest BCUT2D eigenvalue weighted by Crippen LogP contribution is -2.45. The molecule has 2 N–H and O–H groups in total. The molecule has 1 fully saturated rings. The average molecular weight is 292 g/mol. The monoisotopic (exact) mass is 292 g/mol. The number of amides is 2. The number of urea groups is 1. The molecule has 0 saturated heterocycles. The minimum absolute atomic E-state index is 0.107. The number of nitrogens with zero attached hydrogens (tertiary/aromatic N) is 2. The lowest BCUT2D eigenvalue weighted by molar-refractivity contribution is 0.157. The topological polar surface area (TPSA) is 66.5 Å². The van der Waals surface area contributed by atoms with Crippen LogP contribution in [0.3, 0.4) is 0 Å². The summed E-state index contributed by atoms with van der Waals surface area (Å²) >= 11 is 0. The second-order valence-corrected chi connectivity index (χ2v) is 5.61. The van der Waals surface area contributed by atoms with E-state index in [-0.39, 0.29) is 12.1 Å². The van der Waals surface area contributed by atoms with Crippen molar-refractivity contribution in [2.75, 3.05) is 32.7 Å². The van der Waals surface area contributed by atoms with E-state index in [9.17, 15) is 4.79 Å². The van der Waals surface area contributed by atoms with Crippen LogP contribution in [0.25, 0.3) is 0 Å². The number of hydrogen-bond donors (Lipinski definition) is 2. The fourth-order valence-corrected chi connectivity index (χ4v) is 2.18. The first-order chi connectivity index (χ1) is 10.1. The van der Waals surface area contributed by atoms with Gasteiger partial charge in [0.25, 0.3) is 0 Å². The van der Waals surface area contributed by atoms with Gasteiger partial charge in [0.05, 0.1) is 24.9 Å². The summed E-state index contributed by atoms with van der Waals surface area (Å²) in [5.74, 6) is 1.44. The number of anilines is 1. The molecular formula is C15H24N4O2. The van der Waals surface area contributed by atoms with Crippen LogP contribution in [0.15, 0.2) is 18.2 Å². The van der Waals surface area contributed by atoms with Crippen LogP contribution >= 0.6 is 0 Å². The van der Waals surface area contributed by atoms with E-state index in [0.29, 0.717) is 19.1 Å². The second kappa shape index (κ2) is 7.26. The molecule has 0 bridgehead atoms. The third kappa shape index (κ3) is 4.90. The van der Waals surface area contributed by atoms with E-state index in [1.54, 1.807) is 7.11 Å². The molecule has 116 valence electrons. The Bertz CT molecular complexity index is 474. The summed E-state index contributed by atoms with van der Waals surface area (Å²) in [6.45, 7) is 0.977. The fourth-order valence-electron chi connectivity index (χ4n) is 2.18. The first kappa shape index (κ1) is 15.6. The second-order valence-electron chi connectivity index (χ2n) is 5.61. The van der Waals surface area contributed by atoms with Crippen LogP contribution < -0.4 is 15.5 Å². The Balaban J connectivity index is 1.81. The molecule has 0 aliphatic heterocycles. The van der Waals surface area contributed by atoms with Gasteiger partial charge in [0.1, 0.15) is 5.82 Å². The van der Waals surface area contributed by atoms with Crippen LogP contribution in [-0.4, -0.2) is 44.9 Å². The van der Waals surface area contributed by atoms with Gasteiger partial charge in [-0.05, 0) is 30.9 Å². The molecule has 0 aromatic carbocycles. The number of carbonyl (C=O) groups is 1. The highest BCUT2D eigenvalue weighted by atomic mass is 16.5. The maximum absolute atomic E-state index is 11.9. The van der Waals surface area contributed by atoms with Crippen LogP contribution in [0.1, 0.15) is 18.5 Å². The summed E-state index contributed by atoms with van der Waals surface area (Å²) in [5, 5.41) is 5.82. The molecule has 0 spiro atoms. The number of nitrogens with one attached hydrogen (secondary N) is 2. The molecule has 1 aromatic heterocycles. The van der Waals surface area contributed by atoms with Gasteiger partial charge in [0.2, 0.25) is 0 Å². The molecule has 0 unspecified atom stereocenters. The molecule has 1 aliphatic carbocycles. The minimum atomic E-state index is -0.166. The van der Waals surface area contributed by atoms with E-state index in [0.717, 1.165) is 11.5 Å². The molecule has 1 aliphatic rings. The number of aromatic nitrogens is 1. The molecule has 0 radical (unpaired) electrons. The predicted octanol–water partition coefficient (Wildman–Crippen LogP) is 1.37. The van der Waals surface area contributed by atoms with Gasteiger partial charge in [0, 0.05) is 21.2 Å². The normalized spacial score (nSPS) is 15.4. The van der Waals surface area contributed by atoms with Crippen molar-refractivity contribution in [3.05, 3.63) is 23.9 Å². The van der Waals surface area contributed by atoms with Crippen LogP contribution in [0, 0.1) is 5.92 Å². The Morgan fingerprint density at radius 2 is 2.24 bits per heavy atom. The average Bonchev–Trinajstić information content (AvgIpc) is 3.29. The lowest BCUT2D eigenvalue weighted by atomic mass is 10.2. The molecule has 1 saturated carbocycles. The molecule has 6 heteroatoms. The van der Waals surface area contributed by atoms with Gasteiger partial charge >= 0.3 is 6.03 Å². The van der Waals surface area contributed by atoms with Crippen molar-refractivity contribution in [1.82, 2.24) is 15.6 Å². The summed E-state index contributed by atoms with van der Waals surface area (Å²) in [7, 11) is 5.54. The molecular weight excluding hydrogens is 268 g/mol. The zero-order valence-electron chi connectivity index (χ0n) is 12.9. The van der Waals surface area contributed by atoms with Gasteiger partial charge in [-0.2, -0.15) is 0 Å². The van der Waals surface area contributed by atoms with Gasteiger partial charge in [-0.1, -0.05) is 6.07 Å². The quantitative estimate of drug-likeness (QED) is 0.796. The van der Waals surface area contributed by atoms with Crippen molar-refractivity contribution in [1.29, 1.82) is 0 Å². The maximum atomic E-state index is 11.9. The van der Waals surface area contributed by atoms with Crippen molar-refractivity contribution in [2.45, 2.75) is 25.4 Å². The van der Waals surface area contributed by atoms with Gasteiger partial charge in [-0.25, -0.2) is 9.78 Å². The van der Waals surface area contributed by atoms with Crippen LogP contribution in [0.2, 0.25) is 0 Å². The highest BCUT2D eigenvalue weighted by molar-refractivity contribution is 5.74. The first-order valence-electron chi connectivity index (χ1n) is 7.26. The van der Waals surface area contributed by atoms with Gasteiger partial charge in [0.15, 0.2) is 0 Å². The number of rotatable bonds is 7. The highest BCUT2D eigenvalue weighted by Crippen LogP contribution is 2.32. The highest BCUT2D eigenvalue weighted by Gasteiger charge is 2.32. The van der Waals surface area contributed by atoms with Crippen molar-refractivity contribution in [3.63, 3.8) is 0 Å². The Hall–Kier alpha value is -1.82. The molecule has 1 aromatic rings. The number of hydrogen-bond acceptors (Lipinski definition) is 4. The summed E-state index contributed by atoms with van der Waals surface area (Å²) in [6, 6.07) is 5.72.